The van der Waals surface area contributed by atoms with Crippen molar-refractivity contribution in [3.8, 4) is 0 Å². The van der Waals surface area contributed by atoms with Crippen LogP contribution in [0.3, 0.4) is 0 Å². The summed E-state index contributed by atoms with van der Waals surface area (Å²) in [4.78, 5) is 4.25. The zero-order chi connectivity index (χ0) is 12.0. The van der Waals surface area contributed by atoms with Crippen LogP contribution in [-0.2, 0) is 6.54 Å². The lowest BCUT2D eigenvalue weighted by atomic mass is 10.2. The smallest absolute Gasteiger partial charge is 0.126 e. The zero-order valence-corrected chi connectivity index (χ0v) is 10.9. The fourth-order valence-corrected chi connectivity index (χ4v) is 1.45. The third-order valence-corrected chi connectivity index (χ3v) is 2.53. The second kappa shape index (κ2) is 6.71. The fraction of sp³-hybridized carbons (Fsp3) is 0.583. The molecule has 0 unspecified atom stereocenters. The SMILES string of the molecule is CCNCc1cc(NCC(C)C)ncc1Cl. The molecule has 0 fully saturated rings. The number of halogens is 1. The molecule has 1 rings (SSSR count). The average Bonchev–Trinajstić information content (AvgIpc) is 2.26. The van der Waals surface area contributed by atoms with E-state index < -0.39 is 0 Å². The van der Waals surface area contributed by atoms with Gasteiger partial charge in [-0.05, 0) is 24.1 Å². The highest BCUT2D eigenvalue weighted by Crippen LogP contribution is 2.17. The highest BCUT2D eigenvalue weighted by atomic mass is 35.5. The van der Waals surface area contributed by atoms with Crippen LogP contribution in [0.1, 0.15) is 26.3 Å². The summed E-state index contributed by atoms with van der Waals surface area (Å²) >= 11 is 6.06. The topological polar surface area (TPSA) is 37.0 Å². The number of pyridine rings is 1. The van der Waals surface area contributed by atoms with Gasteiger partial charge in [0.15, 0.2) is 0 Å². The third-order valence-electron chi connectivity index (χ3n) is 2.19. The Kier molecular flexibility index (Phi) is 5.56. The minimum atomic E-state index is 0.606. The summed E-state index contributed by atoms with van der Waals surface area (Å²) in [5.41, 5.74) is 1.09. The predicted octanol–water partition coefficient (Wildman–Crippen LogP) is 2.91. The largest absolute Gasteiger partial charge is 0.370 e. The number of hydrogen-bond donors (Lipinski definition) is 2. The van der Waals surface area contributed by atoms with Gasteiger partial charge in [-0.25, -0.2) is 4.98 Å². The van der Waals surface area contributed by atoms with Crippen LogP contribution in [-0.4, -0.2) is 18.1 Å². The average molecular weight is 242 g/mol. The second-order valence-corrected chi connectivity index (χ2v) is 4.62. The van der Waals surface area contributed by atoms with Crippen molar-refractivity contribution in [2.75, 3.05) is 18.4 Å². The lowest BCUT2D eigenvalue weighted by molar-refractivity contribution is 0.686. The molecule has 0 spiro atoms. The summed E-state index contributed by atoms with van der Waals surface area (Å²) in [5, 5.41) is 7.27. The maximum atomic E-state index is 6.06. The molecule has 0 atom stereocenters. The van der Waals surface area contributed by atoms with E-state index in [0.717, 1.165) is 36.0 Å². The highest BCUT2D eigenvalue weighted by Gasteiger charge is 2.03. The van der Waals surface area contributed by atoms with E-state index >= 15 is 0 Å². The number of aromatic nitrogens is 1. The molecule has 0 amide bonds. The van der Waals surface area contributed by atoms with Gasteiger partial charge in [0.1, 0.15) is 5.82 Å². The minimum Gasteiger partial charge on any atom is -0.370 e. The van der Waals surface area contributed by atoms with E-state index in [-0.39, 0.29) is 0 Å². The lowest BCUT2D eigenvalue weighted by Crippen LogP contribution is -2.13. The normalized spacial score (nSPS) is 10.8. The molecule has 0 saturated heterocycles. The van der Waals surface area contributed by atoms with Crippen LogP contribution in [0.5, 0.6) is 0 Å². The third kappa shape index (κ3) is 4.37. The Morgan fingerprint density at radius 1 is 1.44 bits per heavy atom. The zero-order valence-electron chi connectivity index (χ0n) is 10.2. The minimum absolute atomic E-state index is 0.606. The molecule has 4 heteroatoms. The molecule has 0 aromatic carbocycles. The number of anilines is 1. The van der Waals surface area contributed by atoms with Crippen molar-refractivity contribution >= 4 is 17.4 Å². The van der Waals surface area contributed by atoms with Gasteiger partial charge < -0.3 is 10.6 Å². The van der Waals surface area contributed by atoms with Crippen LogP contribution in [0.4, 0.5) is 5.82 Å². The van der Waals surface area contributed by atoms with Gasteiger partial charge in [-0.3, -0.25) is 0 Å². The Balaban J connectivity index is 2.65. The molecule has 0 aliphatic rings. The van der Waals surface area contributed by atoms with Crippen LogP contribution in [0.25, 0.3) is 0 Å². The van der Waals surface area contributed by atoms with Crippen molar-refractivity contribution in [3.05, 3.63) is 22.8 Å². The summed E-state index contributed by atoms with van der Waals surface area (Å²) in [6.07, 6.45) is 1.71. The molecular weight excluding hydrogens is 222 g/mol. The van der Waals surface area contributed by atoms with Gasteiger partial charge in [-0.15, -0.1) is 0 Å². The molecule has 3 nitrogen and oxygen atoms in total. The summed E-state index contributed by atoms with van der Waals surface area (Å²) in [6, 6.07) is 2.01. The lowest BCUT2D eigenvalue weighted by Gasteiger charge is -2.10. The molecule has 0 aliphatic heterocycles. The van der Waals surface area contributed by atoms with E-state index in [1.807, 2.05) is 6.07 Å². The Labute approximate surface area is 103 Å². The molecular formula is C12H20ClN3. The van der Waals surface area contributed by atoms with Gasteiger partial charge in [0.2, 0.25) is 0 Å². The van der Waals surface area contributed by atoms with Gasteiger partial charge in [0, 0.05) is 19.3 Å². The van der Waals surface area contributed by atoms with E-state index in [0.29, 0.717) is 5.92 Å². The van der Waals surface area contributed by atoms with Crippen molar-refractivity contribution in [2.24, 2.45) is 5.92 Å². The standard InChI is InChI=1S/C12H20ClN3/c1-4-14-7-10-5-12(15-6-9(2)3)16-8-11(10)13/h5,8-9,14H,4,6-7H2,1-3H3,(H,15,16). The van der Waals surface area contributed by atoms with Crippen molar-refractivity contribution in [1.29, 1.82) is 0 Å². The van der Waals surface area contributed by atoms with Crippen LogP contribution in [0.15, 0.2) is 12.3 Å². The van der Waals surface area contributed by atoms with Gasteiger partial charge in [-0.1, -0.05) is 32.4 Å². The number of hydrogen-bond acceptors (Lipinski definition) is 3. The van der Waals surface area contributed by atoms with E-state index in [1.54, 1.807) is 6.20 Å². The second-order valence-electron chi connectivity index (χ2n) is 4.22. The Hall–Kier alpha value is -0.800. The van der Waals surface area contributed by atoms with Gasteiger partial charge in [0.05, 0.1) is 5.02 Å². The van der Waals surface area contributed by atoms with Crippen molar-refractivity contribution in [3.63, 3.8) is 0 Å². The summed E-state index contributed by atoms with van der Waals surface area (Å²) in [6.45, 7) is 9.06. The Bertz CT molecular complexity index is 326. The van der Waals surface area contributed by atoms with Crippen LogP contribution in [0, 0.1) is 5.92 Å². The quantitative estimate of drug-likeness (QED) is 0.804. The highest BCUT2D eigenvalue weighted by molar-refractivity contribution is 6.31. The van der Waals surface area contributed by atoms with Gasteiger partial charge in [-0.2, -0.15) is 0 Å². The number of rotatable bonds is 6. The maximum absolute atomic E-state index is 6.06. The van der Waals surface area contributed by atoms with Crippen LogP contribution in [0.2, 0.25) is 5.02 Å². The monoisotopic (exact) mass is 241 g/mol. The summed E-state index contributed by atoms with van der Waals surface area (Å²) < 4.78 is 0. The molecule has 16 heavy (non-hydrogen) atoms. The molecule has 0 aliphatic carbocycles. The molecule has 1 aromatic rings. The summed E-state index contributed by atoms with van der Waals surface area (Å²) in [7, 11) is 0. The molecule has 0 radical (unpaired) electrons. The Morgan fingerprint density at radius 2 is 2.19 bits per heavy atom. The first-order valence-electron chi connectivity index (χ1n) is 5.72. The Morgan fingerprint density at radius 3 is 2.81 bits per heavy atom. The first-order valence-corrected chi connectivity index (χ1v) is 6.10. The molecule has 2 N–H and O–H groups in total. The van der Waals surface area contributed by atoms with Crippen LogP contribution < -0.4 is 10.6 Å². The van der Waals surface area contributed by atoms with E-state index in [4.69, 9.17) is 11.6 Å². The molecule has 0 saturated carbocycles. The van der Waals surface area contributed by atoms with E-state index in [2.05, 4.69) is 36.4 Å². The van der Waals surface area contributed by atoms with Crippen molar-refractivity contribution < 1.29 is 0 Å². The molecule has 0 bridgehead atoms. The molecule has 90 valence electrons. The maximum Gasteiger partial charge on any atom is 0.126 e. The molecule has 1 heterocycles. The van der Waals surface area contributed by atoms with Gasteiger partial charge >= 0.3 is 0 Å². The summed E-state index contributed by atoms with van der Waals surface area (Å²) in [5.74, 6) is 1.50. The van der Waals surface area contributed by atoms with Crippen molar-refractivity contribution in [1.82, 2.24) is 10.3 Å². The first-order chi connectivity index (χ1) is 7.63. The van der Waals surface area contributed by atoms with Gasteiger partial charge in [0.25, 0.3) is 0 Å². The number of nitrogens with zero attached hydrogens (tertiary/aromatic N) is 1. The van der Waals surface area contributed by atoms with Crippen LogP contribution >= 0.6 is 11.6 Å². The fourth-order valence-electron chi connectivity index (χ4n) is 1.28. The van der Waals surface area contributed by atoms with E-state index in [1.165, 1.54) is 0 Å². The predicted molar refractivity (Wildman–Crippen MR) is 70.0 cm³/mol. The molecule has 1 aromatic heterocycles. The first kappa shape index (κ1) is 13.3. The van der Waals surface area contributed by atoms with E-state index in [9.17, 15) is 0 Å². The number of nitrogens with one attached hydrogen (secondary N) is 2. The van der Waals surface area contributed by atoms with Crippen molar-refractivity contribution in [2.45, 2.75) is 27.3 Å².